The van der Waals surface area contributed by atoms with Gasteiger partial charge in [-0.2, -0.15) is 0 Å². The molecule has 1 unspecified atom stereocenters. The highest BCUT2D eigenvalue weighted by Gasteiger charge is 2.29. The van der Waals surface area contributed by atoms with Crippen LogP contribution in [0.25, 0.3) is 0 Å². The second-order valence-electron chi connectivity index (χ2n) is 7.28. The van der Waals surface area contributed by atoms with E-state index in [0.29, 0.717) is 6.04 Å². The molecule has 2 amide bonds. The van der Waals surface area contributed by atoms with Crippen LogP contribution in [-0.4, -0.2) is 61.9 Å². The number of hydrogen-bond donors (Lipinski definition) is 1. The van der Waals surface area contributed by atoms with Crippen molar-refractivity contribution in [2.45, 2.75) is 38.1 Å². The molecule has 5 nitrogen and oxygen atoms in total. The van der Waals surface area contributed by atoms with Crippen LogP contribution < -0.4 is 5.32 Å². The molecule has 0 spiro atoms. The van der Waals surface area contributed by atoms with E-state index in [9.17, 15) is 9.59 Å². The van der Waals surface area contributed by atoms with Crippen molar-refractivity contribution >= 4 is 23.2 Å². The molecule has 24 heavy (non-hydrogen) atoms. The summed E-state index contributed by atoms with van der Waals surface area (Å²) in [5.41, 5.74) is 1.19. The maximum atomic E-state index is 12.6. The highest BCUT2D eigenvalue weighted by Crippen LogP contribution is 2.33. The number of carbonyl (C=O) groups excluding carboxylic acids is 2. The van der Waals surface area contributed by atoms with E-state index in [4.69, 9.17) is 0 Å². The smallest absolute Gasteiger partial charge is 0.263 e. The van der Waals surface area contributed by atoms with E-state index < -0.39 is 0 Å². The Bertz CT molecular complexity index is 618. The molecule has 3 rings (SSSR count). The lowest BCUT2D eigenvalue weighted by Gasteiger charge is -2.31. The van der Waals surface area contributed by atoms with Crippen LogP contribution >= 0.6 is 11.3 Å². The number of nitrogens with one attached hydrogen (secondary N) is 1. The predicted molar refractivity (Wildman–Crippen MR) is 96.5 cm³/mol. The van der Waals surface area contributed by atoms with E-state index in [1.54, 1.807) is 30.3 Å². The molecular formula is C18H27N3O2S. The first kappa shape index (κ1) is 17.4. The Morgan fingerprint density at radius 3 is 2.62 bits per heavy atom. The van der Waals surface area contributed by atoms with Crippen molar-refractivity contribution in [2.24, 2.45) is 5.92 Å². The molecule has 2 aliphatic rings. The van der Waals surface area contributed by atoms with Crippen LogP contribution in [0, 0.1) is 5.92 Å². The third kappa shape index (κ3) is 3.81. The number of fused-ring (bicyclic) bond motifs is 1. The standard InChI is InChI=1S/C18H27N3O2S/c1-20(2)18(23)16-11-13-10-12(4-5-15(13)24-16)17(22)19-14-6-8-21(3)9-7-14/h11-12,14H,4-10H2,1-3H3,(H,19,22). The quantitative estimate of drug-likeness (QED) is 0.905. The number of thiophene rings is 1. The normalized spacial score (nSPS) is 22.0. The molecule has 2 heterocycles. The fraction of sp³-hybridized carbons (Fsp3) is 0.667. The average Bonchev–Trinajstić information content (AvgIpc) is 2.99. The predicted octanol–water partition coefficient (Wildman–Crippen LogP) is 1.77. The lowest BCUT2D eigenvalue weighted by atomic mass is 9.87. The van der Waals surface area contributed by atoms with Gasteiger partial charge in [0, 0.05) is 30.9 Å². The van der Waals surface area contributed by atoms with Crippen molar-refractivity contribution in [2.75, 3.05) is 34.2 Å². The lowest BCUT2D eigenvalue weighted by molar-refractivity contribution is -0.126. The molecule has 0 aromatic carbocycles. The van der Waals surface area contributed by atoms with E-state index in [-0.39, 0.29) is 17.7 Å². The highest BCUT2D eigenvalue weighted by atomic mass is 32.1. The number of rotatable bonds is 3. The Balaban J connectivity index is 1.60. The summed E-state index contributed by atoms with van der Waals surface area (Å²) in [6, 6.07) is 2.32. The van der Waals surface area contributed by atoms with Gasteiger partial charge in [0.1, 0.15) is 0 Å². The molecule has 1 N–H and O–H groups in total. The summed E-state index contributed by atoms with van der Waals surface area (Å²) in [4.78, 5) is 30.7. The number of hydrogen-bond acceptors (Lipinski definition) is 4. The van der Waals surface area contributed by atoms with Gasteiger partial charge in [0.15, 0.2) is 0 Å². The largest absolute Gasteiger partial charge is 0.353 e. The molecule has 1 aromatic rings. The third-order valence-electron chi connectivity index (χ3n) is 5.14. The molecule has 1 aliphatic carbocycles. The van der Waals surface area contributed by atoms with Crippen LogP contribution in [0.3, 0.4) is 0 Å². The van der Waals surface area contributed by atoms with E-state index >= 15 is 0 Å². The zero-order valence-electron chi connectivity index (χ0n) is 14.8. The molecule has 0 saturated carbocycles. The lowest BCUT2D eigenvalue weighted by Crippen LogP contribution is -2.46. The van der Waals surface area contributed by atoms with Crippen LogP contribution in [0.4, 0.5) is 0 Å². The minimum absolute atomic E-state index is 0.0501. The second-order valence-corrected chi connectivity index (χ2v) is 8.42. The zero-order valence-corrected chi connectivity index (χ0v) is 15.6. The van der Waals surface area contributed by atoms with Crippen LogP contribution in [-0.2, 0) is 17.6 Å². The molecule has 0 radical (unpaired) electrons. The van der Waals surface area contributed by atoms with E-state index in [1.807, 2.05) is 6.07 Å². The summed E-state index contributed by atoms with van der Waals surface area (Å²) in [5, 5.41) is 3.25. The summed E-state index contributed by atoms with van der Waals surface area (Å²) in [6.45, 7) is 2.11. The van der Waals surface area contributed by atoms with Gasteiger partial charge in [-0.05, 0) is 63.9 Å². The molecule has 1 atom stereocenters. The summed E-state index contributed by atoms with van der Waals surface area (Å²) in [7, 11) is 5.68. The van der Waals surface area contributed by atoms with E-state index in [0.717, 1.165) is 50.1 Å². The summed E-state index contributed by atoms with van der Waals surface area (Å²) >= 11 is 1.59. The van der Waals surface area contributed by atoms with Crippen molar-refractivity contribution in [3.63, 3.8) is 0 Å². The first-order chi connectivity index (χ1) is 11.4. The van der Waals surface area contributed by atoms with Gasteiger partial charge < -0.3 is 15.1 Å². The van der Waals surface area contributed by atoms with Gasteiger partial charge in [-0.15, -0.1) is 11.3 Å². The molecule has 1 saturated heterocycles. The first-order valence-electron chi connectivity index (χ1n) is 8.76. The van der Waals surface area contributed by atoms with Gasteiger partial charge in [0.2, 0.25) is 5.91 Å². The van der Waals surface area contributed by atoms with Gasteiger partial charge in [-0.3, -0.25) is 9.59 Å². The van der Waals surface area contributed by atoms with E-state index in [1.165, 1.54) is 10.4 Å². The SMILES string of the molecule is CN1CCC(NC(=O)C2CCc3sc(C(=O)N(C)C)cc3C2)CC1. The Morgan fingerprint density at radius 1 is 1.25 bits per heavy atom. The van der Waals surface area contributed by atoms with Crippen LogP contribution in [0.1, 0.15) is 39.4 Å². The minimum atomic E-state index is 0.0501. The van der Waals surface area contributed by atoms with Crippen LogP contribution in [0.5, 0.6) is 0 Å². The van der Waals surface area contributed by atoms with Gasteiger partial charge >= 0.3 is 0 Å². The molecule has 132 valence electrons. The second kappa shape index (κ2) is 7.23. The van der Waals surface area contributed by atoms with Gasteiger partial charge in [-0.25, -0.2) is 0 Å². The maximum Gasteiger partial charge on any atom is 0.263 e. The fourth-order valence-corrected chi connectivity index (χ4v) is 4.77. The number of likely N-dealkylation sites (tertiary alicyclic amines) is 1. The van der Waals surface area contributed by atoms with E-state index in [2.05, 4.69) is 17.3 Å². The van der Waals surface area contributed by atoms with Gasteiger partial charge in [0.05, 0.1) is 4.88 Å². The Labute approximate surface area is 148 Å². The van der Waals surface area contributed by atoms with Crippen LogP contribution in [0.2, 0.25) is 0 Å². The monoisotopic (exact) mass is 349 g/mol. The molecule has 1 aromatic heterocycles. The van der Waals surface area contributed by atoms with Crippen molar-refractivity contribution in [3.8, 4) is 0 Å². The highest BCUT2D eigenvalue weighted by molar-refractivity contribution is 7.14. The summed E-state index contributed by atoms with van der Waals surface area (Å²) in [6.07, 6.45) is 4.65. The fourth-order valence-electron chi connectivity index (χ4n) is 3.55. The minimum Gasteiger partial charge on any atom is -0.353 e. The number of carbonyl (C=O) groups is 2. The van der Waals surface area contributed by atoms with Crippen molar-refractivity contribution in [1.29, 1.82) is 0 Å². The van der Waals surface area contributed by atoms with Crippen molar-refractivity contribution in [3.05, 3.63) is 21.4 Å². The molecule has 1 aliphatic heterocycles. The first-order valence-corrected chi connectivity index (χ1v) is 9.58. The maximum absolute atomic E-state index is 12.6. The number of amides is 2. The number of piperidine rings is 1. The topological polar surface area (TPSA) is 52.7 Å². The Kier molecular flexibility index (Phi) is 5.25. The molecule has 1 fully saturated rings. The Hall–Kier alpha value is -1.40. The Morgan fingerprint density at radius 2 is 1.96 bits per heavy atom. The van der Waals surface area contributed by atoms with Crippen molar-refractivity contribution < 1.29 is 9.59 Å². The molecule has 6 heteroatoms. The zero-order chi connectivity index (χ0) is 17.3. The number of aryl methyl sites for hydroxylation is 1. The number of nitrogens with zero attached hydrogens (tertiary/aromatic N) is 2. The van der Waals surface area contributed by atoms with Gasteiger partial charge in [0.25, 0.3) is 5.91 Å². The average molecular weight is 350 g/mol. The summed E-state index contributed by atoms with van der Waals surface area (Å²) < 4.78 is 0. The van der Waals surface area contributed by atoms with Gasteiger partial charge in [-0.1, -0.05) is 0 Å². The van der Waals surface area contributed by atoms with Crippen LogP contribution in [0.15, 0.2) is 6.07 Å². The third-order valence-corrected chi connectivity index (χ3v) is 6.36. The summed E-state index contributed by atoms with van der Waals surface area (Å²) in [5.74, 6) is 0.303. The van der Waals surface area contributed by atoms with Crippen molar-refractivity contribution in [1.82, 2.24) is 15.1 Å². The molecule has 0 bridgehead atoms. The molecular weight excluding hydrogens is 322 g/mol.